The van der Waals surface area contributed by atoms with Crippen LogP contribution in [0.5, 0.6) is 5.75 Å². The van der Waals surface area contributed by atoms with Crippen LogP contribution < -0.4 is 16.0 Å². The molecule has 1 aromatic heterocycles. The van der Waals surface area contributed by atoms with Crippen molar-refractivity contribution >= 4 is 82.3 Å². The van der Waals surface area contributed by atoms with E-state index >= 15 is 0 Å². The molecule has 5 aromatic rings. The standard InChI is InChI=1S/C27H25ClN8O7S2/c1-14-12-15-13-16(36(2)27-32-25(28)31-26(33-27)30-11-10-29)6-7-17(15)23(37)22(14)35-34-20-9-8-18-19(24(20)45(41,42)43)4-3-5-21(18)44(38,39)40/h3-9,12-13,37H,10-11,29H2,1-2H3,(H,38,39,40)(H,41,42,43)(H,30,31,32,33). The van der Waals surface area contributed by atoms with Crippen LogP contribution in [0, 0.1) is 6.92 Å². The summed E-state index contributed by atoms with van der Waals surface area (Å²) in [5.41, 5.74) is 6.36. The first-order valence-corrected chi connectivity index (χ1v) is 16.2. The Bertz CT molecular complexity index is 2230. The number of fused-ring (bicyclic) bond motifs is 2. The minimum atomic E-state index is -4.96. The largest absolute Gasteiger partial charge is 0.505 e. The van der Waals surface area contributed by atoms with Crippen LogP contribution in [0.3, 0.4) is 0 Å². The highest BCUT2D eigenvalue weighted by Gasteiger charge is 2.24. The zero-order valence-electron chi connectivity index (χ0n) is 23.5. The van der Waals surface area contributed by atoms with Gasteiger partial charge in [0.15, 0.2) is 5.75 Å². The number of hydrogen-bond donors (Lipinski definition) is 5. The van der Waals surface area contributed by atoms with Crippen LogP contribution in [0.2, 0.25) is 5.28 Å². The molecule has 0 amide bonds. The first kappa shape index (κ1) is 31.9. The van der Waals surface area contributed by atoms with Gasteiger partial charge in [0.05, 0.1) is 0 Å². The van der Waals surface area contributed by atoms with E-state index < -0.39 is 30.0 Å². The first-order valence-electron chi connectivity index (χ1n) is 13.0. The van der Waals surface area contributed by atoms with Crippen LogP contribution in [0.25, 0.3) is 21.5 Å². The fourth-order valence-corrected chi connectivity index (χ4v) is 6.36. The molecule has 15 nitrogen and oxygen atoms in total. The fourth-order valence-electron chi connectivity index (χ4n) is 4.67. The maximum atomic E-state index is 12.4. The number of aromatic hydroxyl groups is 1. The molecule has 0 unspecified atom stereocenters. The van der Waals surface area contributed by atoms with E-state index in [9.17, 15) is 31.0 Å². The molecule has 0 aliphatic rings. The number of nitrogens with two attached hydrogens (primary N) is 1. The van der Waals surface area contributed by atoms with E-state index in [4.69, 9.17) is 17.3 Å². The third kappa shape index (κ3) is 6.48. The smallest absolute Gasteiger partial charge is 0.297 e. The Kier molecular flexibility index (Phi) is 8.58. The number of phenols is 1. The lowest BCUT2D eigenvalue weighted by molar-refractivity contribution is 0.481. The van der Waals surface area contributed by atoms with Gasteiger partial charge in [0.2, 0.25) is 17.2 Å². The summed E-state index contributed by atoms with van der Waals surface area (Å²) in [7, 11) is -7.94. The van der Waals surface area contributed by atoms with Crippen molar-refractivity contribution in [3.05, 3.63) is 65.4 Å². The molecule has 0 spiro atoms. The van der Waals surface area contributed by atoms with Gasteiger partial charge in [0.1, 0.15) is 21.2 Å². The van der Waals surface area contributed by atoms with Gasteiger partial charge in [-0.05, 0) is 65.9 Å². The molecule has 0 saturated heterocycles. The number of benzene rings is 4. The average molecular weight is 673 g/mol. The van der Waals surface area contributed by atoms with Crippen molar-refractivity contribution < 1.29 is 31.0 Å². The highest BCUT2D eigenvalue weighted by molar-refractivity contribution is 7.86. The maximum absolute atomic E-state index is 12.4. The number of nitrogens with zero attached hydrogens (tertiary/aromatic N) is 6. The van der Waals surface area contributed by atoms with Gasteiger partial charge < -0.3 is 21.1 Å². The van der Waals surface area contributed by atoms with Gasteiger partial charge in [0, 0.05) is 42.0 Å². The molecule has 45 heavy (non-hydrogen) atoms. The van der Waals surface area contributed by atoms with E-state index in [0.717, 1.165) is 12.1 Å². The maximum Gasteiger partial charge on any atom is 0.297 e. The molecule has 234 valence electrons. The minimum Gasteiger partial charge on any atom is -0.505 e. The van der Waals surface area contributed by atoms with Gasteiger partial charge in [-0.1, -0.05) is 18.2 Å². The Hall–Kier alpha value is -4.52. The summed E-state index contributed by atoms with van der Waals surface area (Å²) in [5.74, 6) is 0.269. The van der Waals surface area contributed by atoms with E-state index in [1.165, 1.54) is 18.2 Å². The third-order valence-corrected chi connectivity index (χ3v) is 8.74. The highest BCUT2D eigenvalue weighted by Crippen LogP contribution is 2.42. The lowest BCUT2D eigenvalue weighted by atomic mass is 10.0. The van der Waals surface area contributed by atoms with Crippen molar-refractivity contribution in [2.24, 2.45) is 16.0 Å². The van der Waals surface area contributed by atoms with Crippen LogP contribution in [0.15, 0.2) is 74.6 Å². The molecular weight excluding hydrogens is 648 g/mol. The molecule has 1 heterocycles. The topological polar surface area (TPSA) is 234 Å². The first-order chi connectivity index (χ1) is 21.2. The second kappa shape index (κ2) is 12.1. The van der Waals surface area contributed by atoms with Gasteiger partial charge in [-0.2, -0.15) is 31.8 Å². The lowest BCUT2D eigenvalue weighted by Gasteiger charge is -2.19. The number of azo groups is 1. The normalized spacial score (nSPS) is 12.3. The van der Waals surface area contributed by atoms with Gasteiger partial charge in [-0.15, -0.1) is 10.2 Å². The Balaban J connectivity index is 1.55. The van der Waals surface area contributed by atoms with E-state index in [1.54, 1.807) is 43.1 Å². The molecule has 18 heteroatoms. The van der Waals surface area contributed by atoms with Crippen molar-refractivity contribution in [2.75, 3.05) is 30.4 Å². The van der Waals surface area contributed by atoms with Crippen LogP contribution in [-0.2, 0) is 20.2 Å². The van der Waals surface area contributed by atoms with Crippen LogP contribution in [0.4, 0.5) is 29.0 Å². The predicted octanol–water partition coefficient (Wildman–Crippen LogP) is 4.89. The molecule has 0 aliphatic carbocycles. The fraction of sp³-hybridized carbons (Fsp3) is 0.148. The number of aromatic nitrogens is 3. The number of nitrogens with one attached hydrogen (secondary N) is 1. The summed E-state index contributed by atoms with van der Waals surface area (Å²) < 4.78 is 68.0. The van der Waals surface area contributed by atoms with Crippen LogP contribution in [-0.4, -0.2) is 66.1 Å². The molecule has 6 N–H and O–H groups in total. The molecular formula is C27H25ClN8O7S2. The van der Waals surface area contributed by atoms with Crippen molar-refractivity contribution in [3.8, 4) is 5.75 Å². The zero-order chi connectivity index (χ0) is 32.7. The monoisotopic (exact) mass is 672 g/mol. The summed E-state index contributed by atoms with van der Waals surface area (Å²) in [5, 5.41) is 22.8. The van der Waals surface area contributed by atoms with Crippen LogP contribution in [0.1, 0.15) is 5.56 Å². The summed E-state index contributed by atoms with van der Waals surface area (Å²) >= 11 is 6.08. The zero-order valence-corrected chi connectivity index (χ0v) is 25.9. The molecule has 0 atom stereocenters. The van der Waals surface area contributed by atoms with Gasteiger partial charge in [-0.25, -0.2) is 0 Å². The van der Waals surface area contributed by atoms with Gasteiger partial charge in [-0.3, -0.25) is 9.11 Å². The number of anilines is 3. The van der Waals surface area contributed by atoms with E-state index in [0.29, 0.717) is 35.1 Å². The van der Waals surface area contributed by atoms with E-state index in [-0.39, 0.29) is 45.1 Å². The Morgan fingerprint density at radius 3 is 2.36 bits per heavy atom. The van der Waals surface area contributed by atoms with Crippen molar-refractivity contribution in [2.45, 2.75) is 16.7 Å². The van der Waals surface area contributed by atoms with Gasteiger partial charge >= 0.3 is 0 Å². The third-order valence-electron chi connectivity index (χ3n) is 6.72. The molecule has 0 bridgehead atoms. The van der Waals surface area contributed by atoms with E-state index in [1.807, 2.05) is 0 Å². The number of phenolic OH excluding ortho intramolecular Hbond substituents is 1. The quantitative estimate of drug-likeness (QED) is 0.104. The minimum absolute atomic E-state index is 0.0157. The number of aryl methyl sites for hydroxylation is 1. The average Bonchev–Trinajstić information content (AvgIpc) is 2.97. The second-order valence-electron chi connectivity index (χ2n) is 9.71. The van der Waals surface area contributed by atoms with Gasteiger partial charge in [0.25, 0.3) is 20.2 Å². The summed E-state index contributed by atoms with van der Waals surface area (Å²) in [6.45, 7) is 2.46. The Morgan fingerprint density at radius 1 is 0.933 bits per heavy atom. The lowest BCUT2D eigenvalue weighted by Crippen LogP contribution is -2.18. The number of hydrogen-bond acceptors (Lipinski definition) is 13. The molecule has 0 fully saturated rings. The molecule has 5 rings (SSSR count). The summed E-state index contributed by atoms with van der Waals surface area (Å²) in [4.78, 5) is 13.0. The number of halogens is 1. The second-order valence-corrected chi connectivity index (χ2v) is 12.8. The molecule has 0 aliphatic heterocycles. The van der Waals surface area contributed by atoms with Crippen molar-refractivity contribution in [1.29, 1.82) is 0 Å². The van der Waals surface area contributed by atoms with E-state index in [2.05, 4.69) is 30.5 Å². The Labute approximate surface area is 261 Å². The van der Waals surface area contributed by atoms with Crippen LogP contribution >= 0.6 is 11.6 Å². The van der Waals surface area contributed by atoms with Crippen molar-refractivity contribution in [1.82, 2.24) is 15.0 Å². The van der Waals surface area contributed by atoms with Crippen molar-refractivity contribution in [3.63, 3.8) is 0 Å². The molecule has 4 aromatic carbocycles. The Morgan fingerprint density at radius 2 is 1.67 bits per heavy atom. The molecule has 0 saturated carbocycles. The molecule has 0 radical (unpaired) electrons. The summed E-state index contributed by atoms with van der Waals surface area (Å²) in [6, 6.07) is 12.8. The number of rotatable bonds is 9. The predicted molar refractivity (Wildman–Crippen MR) is 169 cm³/mol. The highest BCUT2D eigenvalue weighted by atomic mass is 35.5. The summed E-state index contributed by atoms with van der Waals surface area (Å²) in [6.07, 6.45) is 0. The SMILES string of the molecule is Cc1cc2cc(N(C)c3nc(Cl)nc(NCCN)n3)ccc2c(O)c1N=Nc1ccc2c(S(=O)(=O)O)cccc2c1S(=O)(=O)O.